The van der Waals surface area contributed by atoms with Gasteiger partial charge in [0.05, 0.1) is 0 Å². The van der Waals surface area contributed by atoms with Gasteiger partial charge in [0.15, 0.2) is 23.3 Å². The summed E-state index contributed by atoms with van der Waals surface area (Å²) in [6.45, 7) is 8.17. The molecule has 0 unspecified atom stereocenters. The number of amides is 1. The van der Waals surface area contributed by atoms with Crippen molar-refractivity contribution in [3.05, 3.63) is 90.6 Å². The molecule has 0 radical (unpaired) electrons. The summed E-state index contributed by atoms with van der Waals surface area (Å²) in [5.74, 6) is -12.9. The van der Waals surface area contributed by atoms with Crippen LogP contribution < -0.4 is 10.9 Å². The Kier molecular flexibility index (Phi) is 9.25. The number of carbonyl (C=O) groups excluding carboxylic acids is 1. The van der Waals surface area contributed by atoms with Crippen molar-refractivity contribution in [2.45, 2.75) is 45.6 Å². The fourth-order valence-electron chi connectivity index (χ4n) is 3.88. The Labute approximate surface area is 238 Å². The van der Waals surface area contributed by atoms with Crippen molar-refractivity contribution in [2.24, 2.45) is 0 Å². The van der Waals surface area contributed by atoms with E-state index in [-0.39, 0.29) is 58.3 Å². The van der Waals surface area contributed by atoms with E-state index in [4.69, 9.17) is 23.2 Å². The van der Waals surface area contributed by atoms with Gasteiger partial charge in [-0.2, -0.15) is 0 Å². The van der Waals surface area contributed by atoms with Crippen LogP contribution in [-0.4, -0.2) is 10.9 Å². The predicted octanol–water partition coefficient (Wildman–Crippen LogP) is 6.80. The molecule has 3 rings (SSSR count). The van der Waals surface area contributed by atoms with Crippen LogP contribution in [0.3, 0.4) is 0 Å². The number of aromatic amines is 1. The minimum Gasteiger partial charge on any atom is -0.351 e. The van der Waals surface area contributed by atoms with Crippen molar-refractivity contribution in [3.8, 4) is 11.1 Å². The molecule has 0 atom stereocenters. The van der Waals surface area contributed by atoms with Crippen LogP contribution >= 0.6 is 23.2 Å². The van der Waals surface area contributed by atoms with E-state index in [0.29, 0.717) is 0 Å². The second-order valence-corrected chi connectivity index (χ2v) is 10.3. The summed E-state index contributed by atoms with van der Waals surface area (Å²) in [6.07, 6.45) is 0. The number of carbonyl (C=O) groups is 1. The van der Waals surface area contributed by atoms with Crippen molar-refractivity contribution in [1.82, 2.24) is 10.3 Å². The van der Waals surface area contributed by atoms with E-state index in [1.807, 2.05) is 0 Å². The van der Waals surface area contributed by atoms with Gasteiger partial charge in [-0.1, -0.05) is 49.5 Å². The molecule has 1 amide bonds. The Morgan fingerprint density at radius 1 is 0.946 bits per heavy atom. The first-order valence-electron chi connectivity index (χ1n) is 10.5. The zero-order chi connectivity index (χ0) is 27.3. The van der Waals surface area contributed by atoms with Gasteiger partial charge < -0.3 is 10.3 Å². The second kappa shape index (κ2) is 11.0. The van der Waals surface area contributed by atoms with Gasteiger partial charge >= 0.3 is 0 Å². The molecule has 0 aliphatic rings. The molecule has 2 aromatic carbocycles. The summed E-state index contributed by atoms with van der Waals surface area (Å²) in [6, 6.07) is 7.55. The number of hydrogen-bond acceptors (Lipinski definition) is 2. The molecule has 12 heteroatoms. The number of rotatable bonds is 4. The molecule has 1 aromatic heterocycles. The van der Waals surface area contributed by atoms with Gasteiger partial charge in [0.25, 0.3) is 5.91 Å². The maximum Gasteiger partial charge on any atom is 0.257 e. The molecular weight excluding hydrogens is 705 g/mol. The molecule has 0 aliphatic heterocycles. The maximum absolute atomic E-state index is 14.2. The Morgan fingerprint density at radius 2 is 1.46 bits per heavy atom. The largest absolute Gasteiger partial charge is 0.351 e. The first kappa shape index (κ1) is 31.2. The first-order chi connectivity index (χ1) is 16.5. The molecule has 0 saturated carbocycles. The van der Waals surface area contributed by atoms with Crippen LogP contribution in [0.5, 0.6) is 0 Å². The van der Waals surface area contributed by atoms with Crippen molar-refractivity contribution >= 4 is 29.1 Å². The molecule has 0 spiro atoms. The average molecular weight is 725 g/mol. The van der Waals surface area contributed by atoms with Crippen molar-refractivity contribution in [3.63, 3.8) is 0 Å². The molecule has 0 saturated heterocycles. The van der Waals surface area contributed by atoms with E-state index in [0.717, 1.165) is 0 Å². The summed E-state index contributed by atoms with van der Waals surface area (Å²) in [4.78, 5) is 28.1. The van der Waals surface area contributed by atoms with E-state index < -0.39 is 57.1 Å². The second-order valence-electron chi connectivity index (χ2n) is 9.56. The number of aromatic nitrogens is 1. The standard InChI is InChI=1S/C25H20Cl2F5N2O2.Hf/c1-24(2,3)14-12(15(26)21(27)33-23(14)36)10-8-6-7-9-11(10)25(4,5)34-22(35)13-16(28)18(30)20(32)19(31)17(13)29;/h6-7,9H,1-5H3,(H,33,36)(H,34,35);/q-1;. The minimum absolute atomic E-state index is 0. The van der Waals surface area contributed by atoms with Crippen LogP contribution in [0.2, 0.25) is 10.2 Å². The van der Waals surface area contributed by atoms with Gasteiger partial charge in [-0.05, 0) is 24.8 Å². The number of hydrogen-bond donors (Lipinski definition) is 2. The number of nitrogens with one attached hydrogen (secondary N) is 2. The van der Waals surface area contributed by atoms with E-state index >= 15 is 0 Å². The number of benzene rings is 2. The first-order valence-corrected chi connectivity index (χ1v) is 11.2. The third-order valence-corrected chi connectivity index (χ3v) is 6.26. The summed E-state index contributed by atoms with van der Waals surface area (Å²) < 4.78 is 69.3. The zero-order valence-electron chi connectivity index (χ0n) is 20.2. The van der Waals surface area contributed by atoms with E-state index in [2.05, 4.69) is 16.4 Å². The summed E-state index contributed by atoms with van der Waals surface area (Å²) >= 11 is 12.6. The van der Waals surface area contributed by atoms with Crippen LogP contribution in [-0.2, 0) is 36.8 Å². The molecule has 0 aliphatic carbocycles. The molecule has 196 valence electrons. The van der Waals surface area contributed by atoms with Gasteiger partial charge in [-0.25, -0.2) is 22.0 Å². The molecule has 1 heterocycles. The fraction of sp³-hybridized carbons (Fsp3) is 0.280. The number of halogens is 7. The normalized spacial score (nSPS) is 11.8. The zero-order valence-corrected chi connectivity index (χ0v) is 25.3. The Bertz CT molecular complexity index is 1420. The van der Waals surface area contributed by atoms with Gasteiger partial charge in [0.1, 0.15) is 10.7 Å². The van der Waals surface area contributed by atoms with Crippen molar-refractivity contribution in [2.75, 3.05) is 0 Å². The molecular formula is C25H20Cl2F5HfN2O2-. The molecule has 0 bridgehead atoms. The Balaban J connectivity index is 0.00000481. The maximum atomic E-state index is 14.2. The molecule has 3 aromatic rings. The van der Waals surface area contributed by atoms with Gasteiger partial charge in [0.2, 0.25) is 11.4 Å². The van der Waals surface area contributed by atoms with E-state index in [1.54, 1.807) is 26.8 Å². The molecule has 0 fully saturated rings. The predicted molar refractivity (Wildman–Crippen MR) is 127 cm³/mol. The van der Waals surface area contributed by atoms with Crippen LogP contribution in [0.4, 0.5) is 22.0 Å². The van der Waals surface area contributed by atoms with Crippen molar-refractivity contribution < 1.29 is 52.6 Å². The third-order valence-electron chi connectivity index (χ3n) is 5.50. The number of H-pyrrole nitrogens is 1. The Hall–Kier alpha value is -2.04. The topological polar surface area (TPSA) is 62.0 Å². The number of pyridine rings is 1. The molecule has 4 nitrogen and oxygen atoms in total. The molecule has 37 heavy (non-hydrogen) atoms. The SMILES string of the molecule is CC(C)(C)c1c(-c2[c-]cccc2C(C)(C)NC(=O)c2c(F)c(F)c(F)c(F)c2F)c(Cl)c(Cl)[nH]c1=O.[Hf]. The van der Waals surface area contributed by atoms with Crippen molar-refractivity contribution in [1.29, 1.82) is 0 Å². The van der Waals surface area contributed by atoms with Crippen LogP contribution in [0.1, 0.15) is 56.1 Å². The summed E-state index contributed by atoms with van der Waals surface area (Å²) in [5.41, 5.74) is -3.39. The average Bonchev–Trinajstić information content (AvgIpc) is 2.77. The third kappa shape index (κ3) is 5.71. The van der Waals surface area contributed by atoms with E-state index in [1.165, 1.54) is 26.0 Å². The van der Waals surface area contributed by atoms with Gasteiger partial charge in [-0.15, -0.1) is 35.4 Å². The smallest absolute Gasteiger partial charge is 0.257 e. The van der Waals surface area contributed by atoms with Crippen LogP contribution in [0.25, 0.3) is 11.1 Å². The van der Waals surface area contributed by atoms with Crippen LogP contribution in [0, 0.1) is 35.2 Å². The van der Waals surface area contributed by atoms with Gasteiger partial charge in [0, 0.05) is 36.4 Å². The Morgan fingerprint density at radius 3 is 1.97 bits per heavy atom. The van der Waals surface area contributed by atoms with Crippen LogP contribution in [0.15, 0.2) is 23.0 Å². The quantitative estimate of drug-likeness (QED) is 0.0777. The van der Waals surface area contributed by atoms with Gasteiger partial charge in [-0.3, -0.25) is 9.59 Å². The summed E-state index contributed by atoms with van der Waals surface area (Å²) in [7, 11) is 0. The molecule has 2 N–H and O–H groups in total. The summed E-state index contributed by atoms with van der Waals surface area (Å²) in [5, 5.41) is 2.15. The monoisotopic (exact) mass is 725 g/mol. The minimum atomic E-state index is -2.38. The fourth-order valence-corrected chi connectivity index (χ4v) is 4.30. The van der Waals surface area contributed by atoms with E-state index in [9.17, 15) is 31.5 Å².